The Hall–Kier alpha value is -1.03. The molecule has 3 nitrogen and oxygen atoms in total. The molecule has 0 unspecified atom stereocenters. The lowest BCUT2D eigenvalue weighted by atomic mass is 10.1. The van der Waals surface area contributed by atoms with Gasteiger partial charge in [-0.1, -0.05) is 53.0 Å². The highest BCUT2D eigenvalue weighted by Crippen LogP contribution is 2.21. The van der Waals surface area contributed by atoms with Crippen molar-refractivity contribution in [3.63, 3.8) is 0 Å². The van der Waals surface area contributed by atoms with Gasteiger partial charge in [-0.3, -0.25) is 4.79 Å². The van der Waals surface area contributed by atoms with Crippen molar-refractivity contribution in [2.45, 2.75) is 11.8 Å². The zero-order valence-electron chi connectivity index (χ0n) is 11.3. The number of ketones is 1. The zero-order chi connectivity index (χ0) is 14.5. The molecule has 0 aliphatic carbocycles. The van der Waals surface area contributed by atoms with Crippen LogP contribution in [-0.2, 0) is 4.74 Å². The minimum atomic E-state index is -0.720. The molecule has 1 fully saturated rings. The molecule has 0 amide bonds. The van der Waals surface area contributed by atoms with Crippen molar-refractivity contribution in [1.82, 2.24) is 4.90 Å². The molecular formula is C15H17Cl2NO2. The van der Waals surface area contributed by atoms with E-state index in [0.29, 0.717) is 37.6 Å². The van der Waals surface area contributed by atoms with Gasteiger partial charge in [0.05, 0.1) is 18.9 Å². The fourth-order valence-corrected chi connectivity index (χ4v) is 2.45. The summed E-state index contributed by atoms with van der Waals surface area (Å²) in [6, 6.07) is 7.44. The number of allylic oxidation sites excluding steroid dienone is 2. The molecule has 1 saturated heterocycles. The van der Waals surface area contributed by atoms with Crippen LogP contribution in [-0.4, -0.2) is 41.8 Å². The summed E-state index contributed by atoms with van der Waals surface area (Å²) in [5.74, 6) is -0.0854. The van der Waals surface area contributed by atoms with Gasteiger partial charge in [0.25, 0.3) is 0 Å². The Bertz CT molecular complexity index is 491. The molecule has 20 heavy (non-hydrogen) atoms. The average Bonchev–Trinajstić information content (AvgIpc) is 2.46. The summed E-state index contributed by atoms with van der Waals surface area (Å²) in [7, 11) is 0. The molecule has 108 valence electrons. The van der Waals surface area contributed by atoms with Crippen molar-refractivity contribution in [3.05, 3.63) is 47.2 Å². The van der Waals surface area contributed by atoms with Crippen LogP contribution in [0.4, 0.5) is 0 Å². The summed E-state index contributed by atoms with van der Waals surface area (Å²) in [6.45, 7) is 4.62. The van der Waals surface area contributed by atoms with Gasteiger partial charge in [0.1, 0.15) is 4.84 Å². The number of nitrogens with zero attached hydrogens (tertiary/aromatic N) is 1. The van der Waals surface area contributed by atoms with Crippen LogP contribution in [0, 0.1) is 6.92 Å². The van der Waals surface area contributed by atoms with E-state index in [9.17, 15) is 4.79 Å². The van der Waals surface area contributed by atoms with Crippen molar-refractivity contribution in [3.8, 4) is 0 Å². The van der Waals surface area contributed by atoms with Crippen LogP contribution in [0.3, 0.4) is 0 Å². The van der Waals surface area contributed by atoms with Crippen molar-refractivity contribution >= 4 is 29.0 Å². The third-order valence-electron chi connectivity index (χ3n) is 3.21. The largest absolute Gasteiger partial charge is 0.378 e. The van der Waals surface area contributed by atoms with Gasteiger partial charge in [0, 0.05) is 24.7 Å². The van der Waals surface area contributed by atoms with Gasteiger partial charge < -0.3 is 9.64 Å². The first kappa shape index (κ1) is 15.4. The topological polar surface area (TPSA) is 29.5 Å². The van der Waals surface area contributed by atoms with E-state index in [2.05, 4.69) is 0 Å². The number of carbonyl (C=O) groups excluding carboxylic acids is 1. The van der Waals surface area contributed by atoms with Crippen molar-refractivity contribution in [1.29, 1.82) is 0 Å². The molecular weight excluding hydrogens is 297 g/mol. The number of carbonyl (C=O) groups is 1. The van der Waals surface area contributed by atoms with Gasteiger partial charge in [-0.05, 0) is 6.92 Å². The lowest BCUT2D eigenvalue weighted by Crippen LogP contribution is -2.37. The number of hydrogen-bond donors (Lipinski definition) is 0. The van der Waals surface area contributed by atoms with Crippen LogP contribution in [0.25, 0.3) is 0 Å². The van der Waals surface area contributed by atoms with E-state index < -0.39 is 4.84 Å². The molecule has 1 aliphatic heterocycles. The maximum Gasteiger partial charge on any atom is 0.187 e. The van der Waals surface area contributed by atoms with Gasteiger partial charge in [0.15, 0.2) is 5.78 Å². The Morgan fingerprint density at radius 2 is 1.85 bits per heavy atom. The number of hydrogen-bond acceptors (Lipinski definition) is 3. The third kappa shape index (κ3) is 3.98. The van der Waals surface area contributed by atoms with Crippen molar-refractivity contribution < 1.29 is 9.53 Å². The molecule has 0 saturated carbocycles. The molecule has 1 aromatic rings. The van der Waals surface area contributed by atoms with Crippen LogP contribution >= 0.6 is 23.2 Å². The second-order valence-corrected chi connectivity index (χ2v) is 5.80. The number of halogens is 2. The number of ether oxygens (including phenoxy) is 1. The Labute approximate surface area is 129 Å². The quantitative estimate of drug-likeness (QED) is 0.486. The van der Waals surface area contributed by atoms with Crippen molar-refractivity contribution in [2.24, 2.45) is 0 Å². The normalized spacial score (nSPS) is 16.6. The summed E-state index contributed by atoms with van der Waals surface area (Å²) in [5.41, 5.74) is 2.39. The molecule has 1 aliphatic rings. The van der Waals surface area contributed by atoms with E-state index in [1.54, 1.807) is 0 Å². The van der Waals surface area contributed by atoms with E-state index in [1.165, 1.54) is 6.08 Å². The van der Waals surface area contributed by atoms with Crippen LogP contribution in [0.2, 0.25) is 0 Å². The SMILES string of the molecule is Cc1ccc(C(=O)C=C(C(Cl)Cl)N2CCOCC2)cc1. The zero-order valence-corrected chi connectivity index (χ0v) is 12.8. The second-order valence-electron chi connectivity index (χ2n) is 4.70. The van der Waals surface area contributed by atoms with E-state index in [4.69, 9.17) is 27.9 Å². The fraction of sp³-hybridized carbons (Fsp3) is 0.400. The summed E-state index contributed by atoms with van der Waals surface area (Å²) >= 11 is 12.0. The standard InChI is InChI=1S/C15H17Cl2NO2/c1-11-2-4-12(5-3-11)14(19)10-13(15(16)17)18-6-8-20-9-7-18/h2-5,10,15H,6-9H2,1H3. The predicted molar refractivity (Wildman–Crippen MR) is 81.5 cm³/mol. The average molecular weight is 314 g/mol. The summed E-state index contributed by atoms with van der Waals surface area (Å²) < 4.78 is 5.29. The molecule has 0 N–H and O–H groups in total. The lowest BCUT2D eigenvalue weighted by Gasteiger charge is -2.31. The van der Waals surface area contributed by atoms with E-state index in [-0.39, 0.29) is 5.78 Å². The molecule has 1 heterocycles. The van der Waals surface area contributed by atoms with Crippen LogP contribution in [0.15, 0.2) is 36.0 Å². The molecule has 5 heteroatoms. The smallest absolute Gasteiger partial charge is 0.187 e. The summed E-state index contributed by atoms with van der Waals surface area (Å²) in [6.07, 6.45) is 1.53. The molecule has 0 aromatic heterocycles. The summed E-state index contributed by atoms with van der Waals surface area (Å²) in [4.78, 5) is 13.5. The first-order chi connectivity index (χ1) is 9.58. The summed E-state index contributed by atoms with van der Waals surface area (Å²) in [5, 5.41) is 0. The second kappa shape index (κ2) is 7.11. The molecule has 0 bridgehead atoms. The monoisotopic (exact) mass is 313 g/mol. The first-order valence-corrected chi connectivity index (χ1v) is 7.38. The van der Waals surface area contributed by atoms with Gasteiger partial charge in [-0.2, -0.15) is 0 Å². The minimum Gasteiger partial charge on any atom is -0.378 e. The number of alkyl halides is 2. The maximum atomic E-state index is 12.3. The number of aryl methyl sites for hydroxylation is 1. The van der Waals surface area contributed by atoms with Crippen LogP contribution < -0.4 is 0 Å². The van der Waals surface area contributed by atoms with Gasteiger partial charge >= 0.3 is 0 Å². The number of morpholine rings is 1. The first-order valence-electron chi connectivity index (χ1n) is 6.51. The molecule has 0 radical (unpaired) electrons. The minimum absolute atomic E-state index is 0.0854. The van der Waals surface area contributed by atoms with Gasteiger partial charge in [-0.25, -0.2) is 0 Å². The number of rotatable bonds is 4. The van der Waals surface area contributed by atoms with Crippen molar-refractivity contribution in [2.75, 3.05) is 26.3 Å². The molecule has 0 atom stereocenters. The molecule has 2 rings (SSSR count). The highest BCUT2D eigenvalue weighted by molar-refractivity contribution is 6.46. The maximum absolute atomic E-state index is 12.3. The lowest BCUT2D eigenvalue weighted by molar-refractivity contribution is 0.0531. The van der Waals surface area contributed by atoms with Crippen LogP contribution in [0.1, 0.15) is 15.9 Å². The Morgan fingerprint density at radius 1 is 1.25 bits per heavy atom. The number of benzene rings is 1. The van der Waals surface area contributed by atoms with Crippen LogP contribution in [0.5, 0.6) is 0 Å². The highest BCUT2D eigenvalue weighted by Gasteiger charge is 2.20. The molecule has 1 aromatic carbocycles. The molecule has 0 spiro atoms. The van der Waals surface area contributed by atoms with E-state index in [1.807, 2.05) is 36.1 Å². The van der Waals surface area contributed by atoms with Gasteiger partial charge in [0.2, 0.25) is 0 Å². The Morgan fingerprint density at radius 3 is 2.40 bits per heavy atom. The van der Waals surface area contributed by atoms with E-state index in [0.717, 1.165) is 5.56 Å². The predicted octanol–water partition coefficient (Wildman–Crippen LogP) is 3.20. The third-order valence-corrected chi connectivity index (χ3v) is 3.66. The highest BCUT2D eigenvalue weighted by atomic mass is 35.5. The van der Waals surface area contributed by atoms with Gasteiger partial charge in [-0.15, -0.1) is 0 Å². The van der Waals surface area contributed by atoms with E-state index >= 15 is 0 Å². The Kier molecular flexibility index (Phi) is 5.46. The Balaban J connectivity index is 2.19. The fourth-order valence-electron chi connectivity index (χ4n) is 2.05.